The summed E-state index contributed by atoms with van der Waals surface area (Å²) in [5, 5.41) is 0.926. The van der Waals surface area contributed by atoms with Crippen molar-refractivity contribution >= 4 is 21.9 Å². The van der Waals surface area contributed by atoms with Crippen LogP contribution in [0.1, 0.15) is 19.8 Å². The number of benzene rings is 1. The average Bonchev–Trinajstić information content (AvgIpc) is 3.21. The number of aromatic amines is 1. The molecular formula is C18H23N4O2+. The molecule has 1 aliphatic heterocycles. The lowest BCUT2D eigenvalue weighted by Crippen LogP contribution is -3.13. The molecule has 0 radical (unpaired) electrons. The van der Waals surface area contributed by atoms with Crippen LogP contribution in [-0.4, -0.2) is 40.8 Å². The van der Waals surface area contributed by atoms with Crippen molar-refractivity contribution in [3.63, 3.8) is 0 Å². The second kappa shape index (κ2) is 5.94. The summed E-state index contributed by atoms with van der Waals surface area (Å²) in [6.45, 7) is 5.27. The number of hydrogen-bond acceptors (Lipinski definition) is 3. The van der Waals surface area contributed by atoms with E-state index in [1.807, 2.05) is 18.2 Å². The predicted octanol–water partition coefficient (Wildman–Crippen LogP) is 0.954. The van der Waals surface area contributed by atoms with Crippen molar-refractivity contribution in [1.82, 2.24) is 14.5 Å². The molecule has 0 bridgehead atoms. The van der Waals surface area contributed by atoms with Gasteiger partial charge in [0, 0.05) is 23.7 Å². The summed E-state index contributed by atoms with van der Waals surface area (Å²) in [6.07, 6.45) is 4.12. The molecule has 1 saturated heterocycles. The summed E-state index contributed by atoms with van der Waals surface area (Å²) in [4.78, 5) is 22.3. The number of H-pyrrole nitrogens is 1. The first-order chi connectivity index (χ1) is 11.7. The Bertz CT molecular complexity index is 943. The Kier molecular flexibility index (Phi) is 3.76. The fraction of sp³-hybridized carbons (Fsp3) is 0.444. The zero-order valence-corrected chi connectivity index (χ0v) is 14.1. The van der Waals surface area contributed by atoms with Gasteiger partial charge in [0.1, 0.15) is 22.8 Å². The van der Waals surface area contributed by atoms with Crippen molar-refractivity contribution in [3.05, 3.63) is 34.9 Å². The number of ether oxygens (including phenoxy) is 1. The Morgan fingerprint density at radius 2 is 2.33 bits per heavy atom. The van der Waals surface area contributed by atoms with Crippen molar-refractivity contribution in [2.24, 2.45) is 0 Å². The van der Waals surface area contributed by atoms with E-state index in [1.165, 1.54) is 19.4 Å². The van der Waals surface area contributed by atoms with Gasteiger partial charge in [-0.3, -0.25) is 9.36 Å². The summed E-state index contributed by atoms with van der Waals surface area (Å²) in [6, 6.07) is 6.25. The highest BCUT2D eigenvalue weighted by Crippen LogP contribution is 2.25. The maximum absolute atomic E-state index is 12.9. The van der Waals surface area contributed by atoms with Gasteiger partial charge >= 0.3 is 0 Å². The van der Waals surface area contributed by atoms with Crippen LogP contribution < -0.4 is 15.2 Å². The number of methoxy groups -OCH3 is 1. The third-order valence-electron chi connectivity index (χ3n) is 5.28. The third-order valence-corrected chi connectivity index (χ3v) is 5.28. The van der Waals surface area contributed by atoms with Crippen molar-refractivity contribution < 1.29 is 9.64 Å². The van der Waals surface area contributed by atoms with E-state index in [0.717, 1.165) is 35.3 Å². The van der Waals surface area contributed by atoms with Crippen LogP contribution >= 0.6 is 0 Å². The second-order valence-electron chi connectivity index (χ2n) is 6.56. The number of quaternary nitrogens is 1. The minimum Gasteiger partial charge on any atom is -0.497 e. The second-order valence-corrected chi connectivity index (χ2v) is 6.56. The number of hydrogen-bond donors (Lipinski definition) is 2. The molecule has 2 N–H and O–H groups in total. The van der Waals surface area contributed by atoms with E-state index in [1.54, 1.807) is 22.9 Å². The van der Waals surface area contributed by atoms with Crippen LogP contribution in [0, 0.1) is 0 Å². The van der Waals surface area contributed by atoms with Crippen LogP contribution in [0.5, 0.6) is 5.75 Å². The molecule has 6 heteroatoms. The van der Waals surface area contributed by atoms with Crippen molar-refractivity contribution in [2.75, 3.05) is 20.2 Å². The molecule has 0 saturated carbocycles. The summed E-state index contributed by atoms with van der Waals surface area (Å²) in [7, 11) is 1.64. The van der Waals surface area contributed by atoms with Gasteiger partial charge in [-0.1, -0.05) is 0 Å². The zero-order valence-electron chi connectivity index (χ0n) is 14.1. The van der Waals surface area contributed by atoms with Crippen LogP contribution in [0.2, 0.25) is 0 Å². The average molecular weight is 327 g/mol. The first-order valence-electron chi connectivity index (χ1n) is 8.60. The molecule has 126 valence electrons. The Morgan fingerprint density at radius 3 is 3.12 bits per heavy atom. The van der Waals surface area contributed by atoms with Gasteiger partial charge in [-0.15, -0.1) is 0 Å². The molecule has 3 heterocycles. The highest BCUT2D eigenvalue weighted by atomic mass is 16.5. The largest absolute Gasteiger partial charge is 0.497 e. The zero-order chi connectivity index (χ0) is 16.7. The Balaban J connectivity index is 1.77. The Hall–Kier alpha value is -2.34. The quantitative estimate of drug-likeness (QED) is 0.750. The third kappa shape index (κ3) is 2.38. The fourth-order valence-corrected chi connectivity index (χ4v) is 3.93. The van der Waals surface area contributed by atoms with Gasteiger partial charge < -0.3 is 14.6 Å². The first kappa shape index (κ1) is 15.2. The molecule has 4 rings (SSSR count). The lowest BCUT2D eigenvalue weighted by molar-refractivity contribution is -0.911. The van der Waals surface area contributed by atoms with Crippen LogP contribution in [0.3, 0.4) is 0 Å². The van der Waals surface area contributed by atoms with Gasteiger partial charge in [-0.25, -0.2) is 4.98 Å². The summed E-state index contributed by atoms with van der Waals surface area (Å²) < 4.78 is 7.04. The number of likely N-dealkylation sites (tertiary alicyclic amines) is 1. The maximum Gasteiger partial charge on any atom is 0.277 e. The van der Waals surface area contributed by atoms with E-state index in [9.17, 15) is 4.79 Å². The highest BCUT2D eigenvalue weighted by Gasteiger charge is 2.27. The monoisotopic (exact) mass is 327 g/mol. The van der Waals surface area contributed by atoms with Crippen LogP contribution in [-0.2, 0) is 6.54 Å². The molecule has 1 fully saturated rings. The molecule has 6 nitrogen and oxygen atoms in total. The number of rotatable bonds is 4. The highest BCUT2D eigenvalue weighted by molar-refractivity contribution is 6.04. The van der Waals surface area contributed by atoms with Crippen molar-refractivity contribution in [3.8, 4) is 5.75 Å². The molecular weight excluding hydrogens is 304 g/mol. The van der Waals surface area contributed by atoms with E-state index in [0.29, 0.717) is 11.6 Å². The maximum atomic E-state index is 12.9. The topological polar surface area (TPSA) is 64.3 Å². The summed E-state index contributed by atoms with van der Waals surface area (Å²) >= 11 is 0. The molecule has 24 heavy (non-hydrogen) atoms. The molecule has 1 unspecified atom stereocenters. The van der Waals surface area contributed by atoms with E-state index in [-0.39, 0.29) is 5.56 Å². The molecule has 0 spiro atoms. The van der Waals surface area contributed by atoms with Crippen LogP contribution in [0.4, 0.5) is 0 Å². The minimum atomic E-state index is 0.0116. The smallest absolute Gasteiger partial charge is 0.277 e. The molecule has 2 atom stereocenters. The van der Waals surface area contributed by atoms with Gasteiger partial charge in [-0.05, 0) is 25.1 Å². The van der Waals surface area contributed by atoms with E-state index in [2.05, 4.69) is 16.9 Å². The van der Waals surface area contributed by atoms with Crippen LogP contribution in [0.15, 0.2) is 29.3 Å². The number of likely N-dealkylation sites (N-methyl/N-ethyl adjacent to an activating group) is 1. The standard InChI is InChI=1S/C18H22N4O2/c1-3-21-8-4-5-12(21)10-22-11-19-16-14-9-13(24-2)6-7-15(14)20-17(16)18(22)23/h6-7,9,11-12,20H,3-5,8,10H2,1-2H3/p+1/t12-/m1/s1. The lowest BCUT2D eigenvalue weighted by Gasteiger charge is -2.20. The number of fused-ring (bicyclic) bond motifs is 3. The summed E-state index contributed by atoms with van der Waals surface area (Å²) in [5.74, 6) is 0.766. The molecule has 1 aliphatic rings. The molecule has 3 aromatic rings. The van der Waals surface area contributed by atoms with E-state index in [4.69, 9.17) is 4.74 Å². The number of nitrogens with zero attached hydrogens (tertiary/aromatic N) is 2. The van der Waals surface area contributed by atoms with E-state index >= 15 is 0 Å². The Morgan fingerprint density at radius 1 is 1.46 bits per heavy atom. The number of aromatic nitrogens is 3. The van der Waals surface area contributed by atoms with Gasteiger partial charge in [0.25, 0.3) is 5.56 Å². The molecule has 0 aliphatic carbocycles. The number of nitrogens with one attached hydrogen (secondary N) is 2. The molecule has 0 amide bonds. The van der Waals surface area contributed by atoms with Crippen molar-refractivity contribution in [1.29, 1.82) is 0 Å². The molecule has 1 aromatic carbocycles. The molecule has 2 aromatic heterocycles. The summed E-state index contributed by atoms with van der Waals surface area (Å²) in [5.41, 5.74) is 2.22. The van der Waals surface area contributed by atoms with Gasteiger partial charge in [0.05, 0.1) is 33.1 Å². The Labute approximate surface area is 140 Å². The fourth-order valence-electron chi connectivity index (χ4n) is 3.93. The van der Waals surface area contributed by atoms with Gasteiger partial charge in [0.15, 0.2) is 0 Å². The van der Waals surface area contributed by atoms with Crippen molar-refractivity contribution in [2.45, 2.75) is 32.4 Å². The van der Waals surface area contributed by atoms with Gasteiger partial charge in [-0.2, -0.15) is 0 Å². The first-order valence-corrected chi connectivity index (χ1v) is 8.60. The van der Waals surface area contributed by atoms with E-state index < -0.39 is 0 Å². The minimum absolute atomic E-state index is 0.0116. The van der Waals surface area contributed by atoms with Gasteiger partial charge in [0.2, 0.25) is 0 Å². The lowest BCUT2D eigenvalue weighted by atomic mass is 10.2. The predicted molar refractivity (Wildman–Crippen MR) is 93.8 cm³/mol. The SMILES string of the molecule is CC[NH+]1CCC[C@@H]1Cn1cnc2c([nH]c3ccc(OC)cc32)c1=O. The normalized spacial score (nSPS) is 20.9. The van der Waals surface area contributed by atoms with Crippen LogP contribution in [0.25, 0.3) is 21.9 Å².